The van der Waals surface area contributed by atoms with Crippen LogP contribution in [0.15, 0.2) is 42.6 Å². The Morgan fingerprint density at radius 1 is 1.11 bits per heavy atom. The molecule has 0 amide bonds. The van der Waals surface area contributed by atoms with Gasteiger partial charge in [0.2, 0.25) is 0 Å². The molecule has 5 nitrogen and oxygen atoms in total. The molecule has 1 aromatic heterocycles. The predicted octanol–water partition coefficient (Wildman–Crippen LogP) is 4.39. The number of anilines is 1. The molecule has 2 N–H and O–H groups in total. The van der Waals surface area contributed by atoms with Crippen LogP contribution in [0.5, 0.6) is 0 Å². The lowest BCUT2D eigenvalue weighted by Crippen LogP contribution is -2.49. The molecule has 0 radical (unpaired) electrons. The van der Waals surface area contributed by atoms with E-state index in [1.54, 1.807) is 6.20 Å². The topological polar surface area (TPSA) is 59.6 Å². The Morgan fingerprint density at radius 3 is 2.54 bits per heavy atom. The number of rotatable bonds is 4. The minimum atomic E-state index is -0.833. The number of fused-ring (bicyclic) bond motifs is 1. The number of H-pyrrole nitrogens is 1. The number of aromatic nitrogens is 1. The van der Waals surface area contributed by atoms with E-state index in [0.717, 1.165) is 29.6 Å². The second kappa shape index (κ2) is 7.49. The molecular formula is C22H24ClN3O2. The van der Waals surface area contributed by atoms with Crippen LogP contribution in [0, 0.1) is 13.8 Å². The minimum Gasteiger partial charge on any atom is -0.480 e. The molecule has 146 valence electrons. The van der Waals surface area contributed by atoms with Gasteiger partial charge in [0, 0.05) is 59.6 Å². The summed E-state index contributed by atoms with van der Waals surface area (Å²) in [6, 6.07) is 11.3. The summed E-state index contributed by atoms with van der Waals surface area (Å²) < 4.78 is 0. The van der Waals surface area contributed by atoms with E-state index in [-0.39, 0.29) is 0 Å². The molecule has 1 unspecified atom stereocenters. The van der Waals surface area contributed by atoms with Crippen molar-refractivity contribution in [3.8, 4) is 0 Å². The standard InChI is InChI=1S/C22H24ClN3O2/c1-14-3-6-20(15(2)11-14)25-7-9-26(10-8-25)21(22(27)28)18-13-24-19-5-4-16(23)12-17(18)19/h3-6,11-13,21,24H,7-10H2,1-2H3,(H,27,28). The third-order valence-corrected chi connectivity index (χ3v) is 5.81. The van der Waals surface area contributed by atoms with Crippen molar-refractivity contribution in [3.63, 3.8) is 0 Å². The Labute approximate surface area is 169 Å². The van der Waals surface area contributed by atoms with Crippen molar-refractivity contribution in [1.82, 2.24) is 9.88 Å². The summed E-state index contributed by atoms with van der Waals surface area (Å²) in [6.45, 7) is 7.21. The van der Waals surface area contributed by atoms with Gasteiger partial charge in [-0.2, -0.15) is 0 Å². The van der Waals surface area contributed by atoms with E-state index in [2.05, 4.69) is 41.9 Å². The fourth-order valence-electron chi connectivity index (χ4n) is 4.21. The maximum atomic E-state index is 12.2. The number of halogens is 1. The van der Waals surface area contributed by atoms with Crippen LogP contribution in [-0.4, -0.2) is 47.1 Å². The molecular weight excluding hydrogens is 374 g/mol. The first-order chi connectivity index (χ1) is 13.4. The Bertz CT molecular complexity index is 1020. The predicted molar refractivity (Wildman–Crippen MR) is 113 cm³/mol. The van der Waals surface area contributed by atoms with E-state index in [1.165, 1.54) is 16.8 Å². The van der Waals surface area contributed by atoms with Gasteiger partial charge in [0.15, 0.2) is 0 Å². The first-order valence-corrected chi connectivity index (χ1v) is 9.87. The van der Waals surface area contributed by atoms with E-state index in [4.69, 9.17) is 11.6 Å². The van der Waals surface area contributed by atoms with Gasteiger partial charge in [-0.3, -0.25) is 9.69 Å². The Morgan fingerprint density at radius 2 is 1.86 bits per heavy atom. The van der Waals surface area contributed by atoms with Gasteiger partial charge in [-0.15, -0.1) is 0 Å². The summed E-state index contributed by atoms with van der Waals surface area (Å²) in [5, 5.41) is 11.5. The van der Waals surface area contributed by atoms with Gasteiger partial charge in [-0.05, 0) is 43.7 Å². The highest BCUT2D eigenvalue weighted by Crippen LogP contribution is 2.32. The van der Waals surface area contributed by atoms with Gasteiger partial charge in [-0.1, -0.05) is 29.3 Å². The lowest BCUT2D eigenvalue weighted by atomic mass is 10.0. The molecule has 28 heavy (non-hydrogen) atoms. The number of carbonyl (C=O) groups is 1. The second-order valence-electron chi connectivity index (χ2n) is 7.49. The van der Waals surface area contributed by atoms with E-state index >= 15 is 0 Å². The monoisotopic (exact) mass is 397 g/mol. The number of aliphatic carboxylic acids is 1. The van der Waals surface area contributed by atoms with Crippen LogP contribution >= 0.6 is 11.6 Å². The number of nitrogens with one attached hydrogen (secondary N) is 1. The number of aromatic amines is 1. The highest BCUT2D eigenvalue weighted by atomic mass is 35.5. The van der Waals surface area contributed by atoms with Gasteiger partial charge >= 0.3 is 5.97 Å². The zero-order chi connectivity index (χ0) is 19.8. The van der Waals surface area contributed by atoms with E-state index in [9.17, 15) is 9.90 Å². The van der Waals surface area contributed by atoms with Crippen molar-refractivity contribution in [1.29, 1.82) is 0 Å². The van der Waals surface area contributed by atoms with E-state index < -0.39 is 12.0 Å². The molecule has 0 saturated carbocycles. The van der Waals surface area contributed by atoms with Crippen molar-refractivity contribution >= 4 is 34.2 Å². The van der Waals surface area contributed by atoms with Gasteiger partial charge in [0.1, 0.15) is 6.04 Å². The Balaban J connectivity index is 1.57. The lowest BCUT2D eigenvalue weighted by Gasteiger charge is -2.39. The Kier molecular flexibility index (Phi) is 5.04. The molecule has 4 rings (SSSR count). The molecule has 3 aromatic rings. The van der Waals surface area contributed by atoms with Crippen molar-refractivity contribution in [2.75, 3.05) is 31.1 Å². The number of nitrogens with zero attached hydrogens (tertiary/aromatic N) is 2. The SMILES string of the molecule is Cc1ccc(N2CCN(C(C(=O)O)c3c[nH]c4ccc(Cl)cc34)CC2)c(C)c1. The number of carboxylic acids is 1. The average Bonchev–Trinajstić information content (AvgIpc) is 3.05. The number of piperazine rings is 1. The minimum absolute atomic E-state index is 0.608. The third kappa shape index (κ3) is 3.48. The van der Waals surface area contributed by atoms with Crippen LogP contribution in [0.3, 0.4) is 0 Å². The van der Waals surface area contributed by atoms with Gasteiger partial charge in [0.25, 0.3) is 0 Å². The van der Waals surface area contributed by atoms with Gasteiger partial charge in [0.05, 0.1) is 0 Å². The Hall–Kier alpha value is -2.50. The molecule has 2 aromatic carbocycles. The molecule has 1 fully saturated rings. The zero-order valence-corrected chi connectivity index (χ0v) is 16.8. The van der Waals surface area contributed by atoms with Crippen molar-refractivity contribution in [2.24, 2.45) is 0 Å². The zero-order valence-electron chi connectivity index (χ0n) is 16.1. The largest absolute Gasteiger partial charge is 0.480 e. The lowest BCUT2D eigenvalue weighted by molar-refractivity contribution is -0.143. The van der Waals surface area contributed by atoms with Crippen LogP contribution in [0.25, 0.3) is 10.9 Å². The molecule has 2 heterocycles. The maximum Gasteiger partial charge on any atom is 0.325 e. The summed E-state index contributed by atoms with van der Waals surface area (Å²) in [5.74, 6) is -0.833. The number of hydrogen-bond acceptors (Lipinski definition) is 3. The van der Waals surface area contributed by atoms with Crippen LogP contribution in [0.4, 0.5) is 5.69 Å². The molecule has 1 atom stereocenters. The fraction of sp³-hybridized carbons (Fsp3) is 0.318. The van der Waals surface area contributed by atoms with Crippen molar-refractivity contribution in [3.05, 3.63) is 64.3 Å². The fourth-order valence-corrected chi connectivity index (χ4v) is 4.38. The van der Waals surface area contributed by atoms with Crippen LogP contribution in [0.1, 0.15) is 22.7 Å². The highest BCUT2D eigenvalue weighted by molar-refractivity contribution is 6.31. The van der Waals surface area contributed by atoms with Gasteiger partial charge < -0.3 is 15.0 Å². The quantitative estimate of drug-likeness (QED) is 0.685. The number of aryl methyl sites for hydroxylation is 2. The highest BCUT2D eigenvalue weighted by Gasteiger charge is 2.32. The van der Waals surface area contributed by atoms with Crippen molar-refractivity contribution < 1.29 is 9.90 Å². The average molecular weight is 398 g/mol. The summed E-state index contributed by atoms with van der Waals surface area (Å²) in [7, 11) is 0. The molecule has 1 aliphatic rings. The number of carboxylic acid groups (broad SMARTS) is 1. The smallest absolute Gasteiger partial charge is 0.325 e. The summed E-state index contributed by atoms with van der Waals surface area (Å²) in [5.41, 5.74) is 5.42. The molecule has 1 aliphatic heterocycles. The molecule has 0 spiro atoms. The van der Waals surface area contributed by atoms with E-state index in [0.29, 0.717) is 18.1 Å². The molecule has 0 bridgehead atoms. The third-order valence-electron chi connectivity index (χ3n) is 5.58. The second-order valence-corrected chi connectivity index (χ2v) is 7.92. The van der Waals surface area contributed by atoms with Crippen LogP contribution in [-0.2, 0) is 4.79 Å². The summed E-state index contributed by atoms with van der Waals surface area (Å²) in [6.07, 6.45) is 1.80. The molecule has 1 saturated heterocycles. The van der Waals surface area contributed by atoms with Crippen LogP contribution < -0.4 is 4.90 Å². The first kappa shape index (κ1) is 18.8. The maximum absolute atomic E-state index is 12.2. The molecule has 0 aliphatic carbocycles. The van der Waals surface area contributed by atoms with E-state index in [1.807, 2.05) is 23.1 Å². The molecule has 6 heteroatoms. The van der Waals surface area contributed by atoms with Gasteiger partial charge in [-0.25, -0.2) is 0 Å². The summed E-state index contributed by atoms with van der Waals surface area (Å²) >= 11 is 6.15. The number of benzene rings is 2. The van der Waals surface area contributed by atoms with Crippen LogP contribution in [0.2, 0.25) is 5.02 Å². The number of hydrogen-bond donors (Lipinski definition) is 2. The van der Waals surface area contributed by atoms with Crippen molar-refractivity contribution in [2.45, 2.75) is 19.9 Å². The first-order valence-electron chi connectivity index (χ1n) is 9.49. The normalized spacial score (nSPS) is 16.5. The summed E-state index contributed by atoms with van der Waals surface area (Å²) in [4.78, 5) is 19.7.